The first kappa shape index (κ1) is 13.4. The smallest absolute Gasteiger partial charge is 0.0406 e. The van der Waals surface area contributed by atoms with E-state index in [1.807, 2.05) is 12.1 Å². The van der Waals surface area contributed by atoms with Crippen molar-refractivity contribution in [1.29, 1.82) is 0 Å². The lowest BCUT2D eigenvalue weighted by atomic mass is 9.76. The van der Waals surface area contributed by atoms with E-state index in [-0.39, 0.29) is 0 Å². The van der Waals surface area contributed by atoms with Crippen LogP contribution in [0.3, 0.4) is 0 Å². The van der Waals surface area contributed by atoms with Gasteiger partial charge in [-0.05, 0) is 62.4 Å². The fraction of sp³-hybridized carbons (Fsp3) is 0.625. The molecule has 0 atom stereocenters. The third kappa shape index (κ3) is 3.50. The maximum absolute atomic E-state index is 5.92. The van der Waals surface area contributed by atoms with Gasteiger partial charge in [0, 0.05) is 24.2 Å². The zero-order chi connectivity index (χ0) is 13.1. The summed E-state index contributed by atoms with van der Waals surface area (Å²) in [7, 11) is 0. The van der Waals surface area contributed by atoms with E-state index in [1.54, 1.807) is 0 Å². The van der Waals surface area contributed by atoms with Gasteiger partial charge in [0.15, 0.2) is 0 Å². The second-order valence-electron chi connectivity index (χ2n) is 5.92. The molecule has 1 saturated carbocycles. The topological polar surface area (TPSA) is 15.3 Å². The number of benzene rings is 1. The van der Waals surface area contributed by atoms with Gasteiger partial charge in [0.05, 0.1) is 0 Å². The molecule has 1 aliphatic carbocycles. The molecule has 1 aliphatic heterocycles. The molecule has 3 heteroatoms. The van der Waals surface area contributed by atoms with Crippen LogP contribution < -0.4 is 5.32 Å². The average molecular weight is 279 g/mol. The molecule has 1 heterocycles. The highest BCUT2D eigenvalue weighted by molar-refractivity contribution is 6.30. The van der Waals surface area contributed by atoms with Gasteiger partial charge in [-0.25, -0.2) is 0 Å². The van der Waals surface area contributed by atoms with Crippen LogP contribution in [-0.2, 0) is 0 Å². The van der Waals surface area contributed by atoms with E-state index in [0.717, 1.165) is 23.5 Å². The SMILES string of the molecule is Clc1ccc(C2CC(NCCN3CCCC3)C2)cc1. The summed E-state index contributed by atoms with van der Waals surface area (Å²) in [4.78, 5) is 2.57. The number of nitrogens with one attached hydrogen (secondary N) is 1. The van der Waals surface area contributed by atoms with E-state index in [1.165, 1.54) is 50.9 Å². The molecule has 19 heavy (non-hydrogen) atoms. The van der Waals surface area contributed by atoms with Crippen molar-refractivity contribution in [3.8, 4) is 0 Å². The highest BCUT2D eigenvalue weighted by Gasteiger charge is 2.29. The molecular formula is C16H23ClN2. The van der Waals surface area contributed by atoms with Gasteiger partial charge in [0.25, 0.3) is 0 Å². The van der Waals surface area contributed by atoms with Gasteiger partial charge in [-0.3, -0.25) is 0 Å². The van der Waals surface area contributed by atoms with Crippen LogP contribution in [0, 0.1) is 0 Å². The van der Waals surface area contributed by atoms with Gasteiger partial charge in [0.1, 0.15) is 0 Å². The largest absolute Gasteiger partial charge is 0.313 e. The number of rotatable bonds is 5. The summed E-state index contributed by atoms with van der Waals surface area (Å²) in [6, 6.07) is 9.08. The van der Waals surface area contributed by atoms with E-state index >= 15 is 0 Å². The molecule has 104 valence electrons. The number of nitrogens with zero attached hydrogens (tertiary/aromatic N) is 1. The third-order valence-electron chi connectivity index (χ3n) is 4.54. The van der Waals surface area contributed by atoms with Crippen molar-refractivity contribution in [2.45, 2.75) is 37.6 Å². The first-order valence-electron chi connectivity index (χ1n) is 7.52. The van der Waals surface area contributed by atoms with Gasteiger partial charge in [-0.2, -0.15) is 0 Å². The number of hydrogen-bond acceptors (Lipinski definition) is 2. The van der Waals surface area contributed by atoms with E-state index in [9.17, 15) is 0 Å². The highest BCUT2D eigenvalue weighted by Crippen LogP contribution is 2.37. The molecular weight excluding hydrogens is 256 g/mol. The second kappa shape index (κ2) is 6.25. The van der Waals surface area contributed by atoms with Crippen LogP contribution in [0.5, 0.6) is 0 Å². The van der Waals surface area contributed by atoms with Gasteiger partial charge in [-0.15, -0.1) is 0 Å². The van der Waals surface area contributed by atoms with Crippen molar-refractivity contribution >= 4 is 11.6 Å². The van der Waals surface area contributed by atoms with Crippen LogP contribution in [0.1, 0.15) is 37.2 Å². The number of halogens is 1. The summed E-state index contributed by atoms with van der Waals surface area (Å²) >= 11 is 5.92. The van der Waals surface area contributed by atoms with Crippen molar-refractivity contribution in [3.63, 3.8) is 0 Å². The lowest BCUT2D eigenvalue weighted by Crippen LogP contribution is -2.43. The van der Waals surface area contributed by atoms with Gasteiger partial charge in [-0.1, -0.05) is 23.7 Å². The van der Waals surface area contributed by atoms with Crippen LogP contribution in [0.4, 0.5) is 0 Å². The van der Waals surface area contributed by atoms with Crippen LogP contribution in [0.15, 0.2) is 24.3 Å². The molecule has 0 radical (unpaired) electrons. The molecule has 2 fully saturated rings. The van der Waals surface area contributed by atoms with Crippen LogP contribution in [-0.4, -0.2) is 37.1 Å². The molecule has 2 nitrogen and oxygen atoms in total. The zero-order valence-electron chi connectivity index (χ0n) is 11.4. The lowest BCUT2D eigenvalue weighted by Gasteiger charge is -2.36. The fourth-order valence-corrected chi connectivity index (χ4v) is 3.35. The monoisotopic (exact) mass is 278 g/mol. The molecule has 3 rings (SSSR count). The van der Waals surface area contributed by atoms with Gasteiger partial charge < -0.3 is 10.2 Å². The Morgan fingerprint density at radius 3 is 2.47 bits per heavy atom. The summed E-state index contributed by atoms with van der Waals surface area (Å²) < 4.78 is 0. The first-order valence-corrected chi connectivity index (χ1v) is 7.90. The highest BCUT2D eigenvalue weighted by atomic mass is 35.5. The summed E-state index contributed by atoms with van der Waals surface area (Å²) in [6.07, 6.45) is 5.34. The van der Waals surface area contributed by atoms with Crippen molar-refractivity contribution in [1.82, 2.24) is 10.2 Å². The van der Waals surface area contributed by atoms with Crippen molar-refractivity contribution in [3.05, 3.63) is 34.9 Å². The first-order chi connectivity index (χ1) is 9.31. The van der Waals surface area contributed by atoms with Crippen molar-refractivity contribution < 1.29 is 0 Å². The normalized spacial score (nSPS) is 27.4. The number of hydrogen-bond donors (Lipinski definition) is 1. The zero-order valence-corrected chi connectivity index (χ0v) is 12.2. The Morgan fingerprint density at radius 1 is 1.11 bits per heavy atom. The maximum atomic E-state index is 5.92. The quantitative estimate of drug-likeness (QED) is 0.889. The van der Waals surface area contributed by atoms with Crippen LogP contribution in [0.2, 0.25) is 5.02 Å². The minimum atomic E-state index is 0.725. The van der Waals surface area contributed by atoms with Crippen molar-refractivity contribution in [2.24, 2.45) is 0 Å². The molecule has 0 aromatic heterocycles. The third-order valence-corrected chi connectivity index (χ3v) is 4.79. The molecule has 0 unspecified atom stereocenters. The molecule has 2 aliphatic rings. The van der Waals surface area contributed by atoms with E-state index in [2.05, 4.69) is 22.3 Å². The molecule has 1 N–H and O–H groups in total. The maximum Gasteiger partial charge on any atom is 0.0406 e. The Morgan fingerprint density at radius 2 is 1.79 bits per heavy atom. The van der Waals surface area contributed by atoms with Gasteiger partial charge >= 0.3 is 0 Å². The average Bonchev–Trinajstić information content (AvgIpc) is 2.87. The Kier molecular flexibility index (Phi) is 4.42. The summed E-state index contributed by atoms with van der Waals surface area (Å²) in [5.74, 6) is 0.738. The minimum absolute atomic E-state index is 0.725. The van der Waals surface area contributed by atoms with E-state index in [0.29, 0.717) is 0 Å². The Balaban J connectivity index is 1.34. The summed E-state index contributed by atoms with van der Waals surface area (Å²) in [5, 5.41) is 4.53. The Labute approximate surface area is 121 Å². The molecule has 1 saturated heterocycles. The Hall–Kier alpha value is -0.570. The molecule has 0 spiro atoms. The standard InChI is InChI=1S/C16H23ClN2/c17-15-5-3-13(4-6-15)14-11-16(12-14)18-7-10-19-8-1-2-9-19/h3-6,14,16,18H,1-2,7-12H2. The lowest BCUT2D eigenvalue weighted by molar-refractivity contribution is 0.266. The second-order valence-corrected chi connectivity index (χ2v) is 6.36. The van der Waals surface area contributed by atoms with Gasteiger partial charge in [0.2, 0.25) is 0 Å². The van der Waals surface area contributed by atoms with Crippen LogP contribution in [0.25, 0.3) is 0 Å². The predicted molar refractivity (Wildman–Crippen MR) is 80.9 cm³/mol. The minimum Gasteiger partial charge on any atom is -0.313 e. The fourth-order valence-electron chi connectivity index (χ4n) is 3.22. The molecule has 1 aromatic carbocycles. The van der Waals surface area contributed by atoms with E-state index in [4.69, 9.17) is 11.6 Å². The van der Waals surface area contributed by atoms with Crippen molar-refractivity contribution in [2.75, 3.05) is 26.2 Å². The molecule has 1 aromatic rings. The number of likely N-dealkylation sites (tertiary alicyclic amines) is 1. The van der Waals surface area contributed by atoms with E-state index < -0.39 is 0 Å². The molecule has 0 amide bonds. The summed E-state index contributed by atoms with van der Waals surface area (Å²) in [6.45, 7) is 4.99. The predicted octanol–water partition coefficient (Wildman–Crippen LogP) is 3.27. The molecule has 0 bridgehead atoms. The Bertz CT molecular complexity index is 392. The van der Waals surface area contributed by atoms with Crippen LogP contribution >= 0.6 is 11.6 Å². The summed E-state index contributed by atoms with van der Waals surface area (Å²) in [5.41, 5.74) is 1.45.